The second-order valence-corrected chi connectivity index (χ2v) is 10.4. The van der Waals surface area contributed by atoms with Gasteiger partial charge in [0.15, 0.2) is 0 Å². The van der Waals surface area contributed by atoms with Crippen molar-refractivity contribution in [2.24, 2.45) is 11.8 Å². The lowest BCUT2D eigenvalue weighted by Gasteiger charge is -2.47. The summed E-state index contributed by atoms with van der Waals surface area (Å²) in [5, 5.41) is 37.9. The molecule has 0 saturated carbocycles. The van der Waals surface area contributed by atoms with Gasteiger partial charge >= 0.3 is 0 Å². The van der Waals surface area contributed by atoms with Crippen LogP contribution in [0.25, 0.3) is 28.3 Å². The van der Waals surface area contributed by atoms with E-state index in [1.165, 1.54) is 0 Å². The van der Waals surface area contributed by atoms with E-state index in [1.807, 2.05) is 36.7 Å². The summed E-state index contributed by atoms with van der Waals surface area (Å²) in [7, 11) is 0. The Bertz CT molecular complexity index is 1590. The smallest absolute Gasteiger partial charge is 0.223 e. The molecule has 6 rings (SSSR count). The lowest BCUT2D eigenvalue weighted by atomic mass is 9.56. The van der Waals surface area contributed by atoms with Crippen molar-refractivity contribution >= 4 is 0 Å². The van der Waals surface area contributed by atoms with Gasteiger partial charge < -0.3 is 9.63 Å². The van der Waals surface area contributed by atoms with E-state index in [0.717, 1.165) is 46.6 Å². The summed E-state index contributed by atoms with van der Waals surface area (Å²) in [5.41, 5.74) is 6.65. The summed E-state index contributed by atoms with van der Waals surface area (Å²) < 4.78 is 7.27. The molecule has 186 valence electrons. The van der Waals surface area contributed by atoms with Crippen LogP contribution in [0, 0.1) is 37.0 Å². The van der Waals surface area contributed by atoms with Crippen molar-refractivity contribution in [1.29, 1.82) is 5.26 Å². The molecule has 3 aromatic heterocycles. The van der Waals surface area contributed by atoms with E-state index in [-0.39, 0.29) is 17.6 Å². The first kappa shape index (κ1) is 23.1. The lowest BCUT2D eigenvalue weighted by Crippen LogP contribution is -2.45. The fourth-order valence-electron chi connectivity index (χ4n) is 6.29. The van der Waals surface area contributed by atoms with Crippen LogP contribution in [-0.4, -0.2) is 35.2 Å². The summed E-state index contributed by atoms with van der Waals surface area (Å²) in [5.74, 6) is 1.21. The molecule has 0 radical (unpaired) electrons. The van der Waals surface area contributed by atoms with Gasteiger partial charge in [-0.15, -0.1) is 0 Å². The van der Waals surface area contributed by atoms with Crippen LogP contribution in [0.2, 0.25) is 0 Å². The van der Waals surface area contributed by atoms with Gasteiger partial charge in [-0.25, -0.2) is 4.68 Å². The lowest BCUT2D eigenvalue weighted by molar-refractivity contribution is 0.134. The van der Waals surface area contributed by atoms with Gasteiger partial charge in [-0.3, -0.25) is 0 Å². The van der Waals surface area contributed by atoms with Crippen LogP contribution in [0.5, 0.6) is 0 Å². The van der Waals surface area contributed by atoms with Gasteiger partial charge in [-0.1, -0.05) is 31.1 Å². The number of aryl methyl sites for hydroxylation is 2. The van der Waals surface area contributed by atoms with E-state index < -0.39 is 5.41 Å². The highest BCUT2D eigenvalue weighted by Crippen LogP contribution is 2.54. The number of aliphatic hydroxyl groups is 1. The Kier molecular flexibility index (Phi) is 5.23. The van der Waals surface area contributed by atoms with Crippen LogP contribution < -0.4 is 0 Å². The maximum atomic E-state index is 10.8. The molecule has 37 heavy (non-hydrogen) atoms. The van der Waals surface area contributed by atoms with Crippen molar-refractivity contribution in [2.45, 2.75) is 52.4 Å². The maximum absolute atomic E-state index is 10.8. The van der Waals surface area contributed by atoms with Crippen LogP contribution in [0.4, 0.5) is 0 Å². The molecule has 9 nitrogen and oxygen atoms in total. The van der Waals surface area contributed by atoms with E-state index in [2.05, 4.69) is 45.5 Å². The van der Waals surface area contributed by atoms with Gasteiger partial charge in [0.2, 0.25) is 11.7 Å². The maximum Gasteiger partial charge on any atom is 0.223 e. The number of hydrogen-bond donors (Lipinski definition) is 1. The Morgan fingerprint density at radius 1 is 1.19 bits per heavy atom. The molecule has 0 saturated heterocycles. The topological polar surface area (TPSA) is 127 Å². The summed E-state index contributed by atoms with van der Waals surface area (Å²) >= 11 is 0. The summed E-state index contributed by atoms with van der Waals surface area (Å²) in [6, 6.07) is 12.4. The zero-order valence-corrected chi connectivity index (χ0v) is 21.2. The standard InChI is InChI=1S/C28H27N7O2/c1-15-11-19(14-30-32-15)18-5-7-21(8-6-18)35-26-22(24(33-35)27-31-17(3)37-34-27)9-10-23-16(2)25(36)20(13-29)12-28(23,26)4/h5-8,11,14,16,23,36H,9-10,12H2,1-4H3/t16-,23-,28-/m1/s1. The van der Waals surface area contributed by atoms with Gasteiger partial charge in [0, 0.05) is 29.4 Å². The molecule has 2 aliphatic carbocycles. The van der Waals surface area contributed by atoms with Crippen LogP contribution in [0.3, 0.4) is 0 Å². The average Bonchev–Trinajstić information content (AvgIpc) is 3.50. The molecule has 0 aliphatic heterocycles. The molecule has 9 heteroatoms. The second kappa shape index (κ2) is 8.37. The van der Waals surface area contributed by atoms with Gasteiger partial charge in [0.1, 0.15) is 11.5 Å². The SMILES string of the molecule is Cc1cc(-c2ccc(-n3nc(-c4noc(C)n4)c4c3[C@]3(C)CC(C#N)=C(O)[C@H](C)[C@H]3CC4)cc2)cnn1. The van der Waals surface area contributed by atoms with E-state index in [0.29, 0.717) is 29.4 Å². The van der Waals surface area contributed by atoms with Crippen LogP contribution in [0.15, 0.2) is 52.4 Å². The van der Waals surface area contributed by atoms with Crippen molar-refractivity contribution in [3.8, 4) is 34.4 Å². The van der Waals surface area contributed by atoms with Crippen molar-refractivity contribution in [3.05, 3.63) is 70.7 Å². The Hall–Kier alpha value is -4.32. The fraction of sp³-hybridized carbons (Fsp3) is 0.357. The highest BCUT2D eigenvalue weighted by atomic mass is 16.5. The normalized spacial score (nSPS) is 22.9. The largest absolute Gasteiger partial charge is 0.511 e. The number of nitriles is 1. The predicted molar refractivity (Wildman–Crippen MR) is 136 cm³/mol. The predicted octanol–water partition coefficient (Wildman–Crippen LogP) is 5.19. The third kappa shape index (κ3) is 3.55. The van der Waals surface area contributed by atoms with Crippen LogP contribution >= 0.6 is 0 Å². The van der Waals surface area contributed by atoms with E-state index >= 15 is 0 Å². The van der Waals surface area contributed by atoms with Gasteiger partial charge in [-0.2, -0.15) is 25.5 Å². The number of fused-ring (bicyclic) bond motifs is 3. The number of hydrogen-bond acceptors (Lipinski definition) is 8. The molecular formula is C28H27N7O2. The first-order valence-electron chi connectivity index (χ1n) is 12.5. The van der Waals surface area contributed by atoms with Crippen molar-refractivity contribution in [3.63, 3.8) is 0 Å². The monoisotopic (exact) mass is 493 g/mol. The third-order valence-electron chi connectivity index (χ3n) is 8.03. The van der Waals surface area contributed by atoms with Gasteiger partial charge in [0.05, 0.1) is 34.9 Å². The zero-order chi connectivity index (χ0) is 25.9. The molecule has 0 bridgehead atoms. The van der Waals surface area contributed by atoms with Gasteiger partial charge in [0.25, 0.3) is 0 Å². The van der Waals surface area contributed by atoms with E-state index in [9.17, 15) is 10.4 Å². The Morgan fingerprint density at radius 2 is 1.97 bits per heavy atom. The van der Waals surface area contributed by atoms with Crippen molar-refractivity contribution in [1.82, 2.24) is 30.1 Å². The van der Waals surface area contributed by atoms with Crippen LogP contribution in [-0.2, 0) is 11.8 Å². The average molecular weight is 494 g/mol. The molecule has 1 N–H and O–H groups in total. The molecule has 1 aromatic carbocycles. The second-order valence-electron chi connectivity index (χ2n) is 10.4. The quantitative estimate of drug-likeness (QED) is 0.413. The number of allylic oxidation sites excluding steroid dienone is 2. The van der Waals surface area contributed by atoms with Crippen LogP contribution in [0.1, 0.15) is 49.5 Å². The summed E-state index contributed by atoms with van der Waals surface area (Å²) in [6.07, 6.45) is 3.86. The Labute approximate surface area is 214 Å². The summed E-state index contributed by atoms with van der Waals surface area (Å²) in [6.45, 7) is 7.90. The highest BCUT2D eigenvalue weighted by molar-refractivity contribution is 5.65. The Balaban J connectivity index is 1.54. The molecular weight excluding hydrogens is 466 g/mol. The fourth-order valence-corrected chi connectivity index (χ4v) is 6.29. The molecule has 0 fully saturated rings. The number of aliphatic hydroxyl groups excluding tert-OH is 1. The third-order valence-corrected chi connectivity index (χ3v) is 8.03. The van der Waals surface area contributed by atoms with Gasteiger partial charge in [-0.05, 0) is 55.9 Å². The molecule has 3 heterocycles. The summed E-state index contributed by atoms with van der Waals surface area (Å²) in [4.78, 5) is 4.47. The number of aromatic nitrogens is 6. The minimum absolute atomic E-state index is 0.120. The zero-order valence-electron chi connectivity index (χ0n) is 21.2. The Morgan fingerprint density at radius 3 is 2.65 bits per heavy atom. The number of nitrogens with zero attached hydrogens (tertiary/aromatic N) is 7. The minimum Gasteiger partial charge on any atom is -0.511 e. The first-order valence-corrected chi connectivity index (χ1v) is 12.5. The molecule has 2 aliphatic rings. The molecule has 3 atom stereocenters. The number of rotatable bonds is 3. The number of benzene rings is 1. The first-order chi connectivity index (χ1) is 17.8. The highest BCUT2D eigenvalue weighted by Gasteiger charge is 2.51. The minimum atomic E-state index is -0.404. The molecule has 0 unspecified atom stereocenters. The van der Waals surface area contributed by atoms with Crippen molar-refractivity contribution in [2.75, 3.05) is 0 Å². The van der Waals surface area contributed by atoms with Crippen molar-refractivity contribution < 1.29 is 9.63 Å². The van der Waals surface area contributed by atoms with E-state index in [1.54, 1.807) is 13.1 Å². The van der Waals surface area contributed by atoms with E-state index in [4.69, 9.17) is 9.62 Å². The molecule has 0 spiro atoms. The molecule has 0 amide bonds. The molecule has 4 aromatic rings.